The highest BCUT2D eigenvalue weighted by atomic mass is 79.9. The van der Waals surface area contributed by atoms with Crippen molar-refractivity contribution >= 4 is 33.2 Å². The molecule has 0 spiro atoms. The van der Waals surface area contributed by atoms with Crippen LogP contribution in [-0.4, -0.2) is 6.04 Å². The van der Waals surface area contributed by atoms with Gasteiger partial charge in [0.2, 0.25) is 0 Å². The molecule has 1 aromatic carbocycles. The molecule has 2 unspecified atom stereocenters. The third kappa shape index (κ3) is 3.14. The van der Waals surface area contributed by atoms with Crippen molar-refractivity contribution in [1.29, 1.82) is 5.26 Å². The molecule has 4 heteroatoms. The average Bonchev–Trinajstić information content (AvgIpc) is 2.33. The van der Waals surface area contributed by atoms with Gasteiger partial charge in [-0.05, 0) is 47.0 Å². The maximum atomic E-state index is 9.13. The van der Waals surface area contributed by atoms with Crippen LogP contribution in [0, 0.1) is 17.2 Å². The lowest BCUT2D eigenvalue weighted by molar-refractivity contribution is 0.388. The number of nitriles is 1. The van der Waals surface area contributed by atoms with Gasteiger partial charge in [-0.25, -0.2) is 0 Å². The number of anilines is 1. The van der Waals surface area contributed by atoms with Crippen molar-refractivity contribution in [2.45, 2.75) is 31.7 Å². The molecule has 0 amide bonds. The van der Waals surface area contributed by atoms with Gasteiger partial charge in [-0.2, -0.15) is 5.26 Å². The number of hydrogen-bond donors (Lipinski definition) is 1. The minimum absolute atomic E-state index is 0.117. The highest BCUT2D eigenvalue weighted by Gasteiger charge is 2.25. The van der Waals surface area contributed by atoms with E-state index in [1.165, 1.54) is 6.42 Å². The molecule has 17 heavy (non-hydrogen) atoms. The second-order valence-electron chi connectivity index (χ2n) is 4.40. The SMILES string of the molecule is N#CC1CCCCC1Nc1ccc(Cl)cc1Br. The van der Waals surface area contributed by atoms with Gasteiger partial charge in [0.15, 0.2) is 0 Å². The molecule has 0 radical (unpaired) electrons. The van der Waals surface area contributed by atoms with Crippen molar-refractivity contribution in [2.24, 2.45) is 5.92 Å². The fourth-order valence-electron chi connectivity index (χ4n) is 2.26. The van der Waals surface area contributed by atoms with E-state index < -0.39 is 0 Å². The Labute approximate surface area is 115 Å². The maximum absolute atomic E-state index is 9.13. The molecule has 1 aliphatic rings. The van der Waals surface area contributed by atoms with Crippen LogP contribution in [0.25, 0.3) is 0 Å². The Balaban J connectivity index is 2.11. The zero-order chi connectivity index (χ0) is 12.3. The van der Waals surface area contributed by atoms with Crippen LogP contribution in [0.2, 0.25) is 5.02 Å². The van der Waals surface area contributed by atoms with Gasteiger partial charge < -0.3 is 5.32 Å². The predicted octanol–water partition coefficient (Wildman–Crippen LogP) is 4.60. The summed E-state index contributed by atoms with van der Waals surface area (Å²) >= 11 is 9.39. The van der Waals surface area contributed by atoms with Crippen LogP contribution in [0.5, 0.6) is 0 Å². The van der Waals surface area contributed by atoms with Gasteiger partial charge in [-0.3, -0.25) is 0 Å². The molecule has 0 aromatic heterocycles. The first-order valence-electron chi connectivity index (χ1n) is 5.82. The molecule has 0 aliphatic heterocycles. The zero-order valence-corrected chi connectivity index (χ0v) is 11.8. The second kappa shape index (κ2) is 5.75. The molecular weight excluding hydrogens is 300 g/mol. The summed E-state index contributed by atoms with van der Waals surface area (Å²) in [5.74, 6) is 0.117. The van der Waals surface area contributed by atoms with Crippen LogP contribution < -0.4 is 5.32 Å². The molecule has 0 bridgehead atoms. The Bertz CT molecular complexity index is 442. The third-order valence-electron chi connectivity index (χ3n) is 3.20. The van der Waals surface area contributed by atoms with E-state index in [2.05, 4.69) is 27.3 Å². The molecule has 90 valence electrons. The third-order valence-corrected chi connectivity index (χ3v) is 4.09. The monoisotopic (exact) mass is 312 g/mol. The van der Waals surface area contributed by atoms with Crippen molar-refractivity contribution in [2.75, 3.05) is 5.32 Å². The lowest BCUT2D eigenvalue weighted by atomic mass is 9.85. The molecule has 1 aliphatic carbocycles. The van der Waals surface area contributed by atoms with Crippen LogP contribution in [0.4, 0.5) is 5.69 Å². The van der Waals surface area contributed by atoms with E-state index in [1.54, 1.807) is 0 Å². The quantitative estimate of drug-likeness (QED) is 0.866. The van der Waals surface area contributed by atoms with Crippen LogP contribution >= 0.6 is 27.5 Å². The lowest BCUT2D eigenvalue weighted by Crippen LogP contribution is -2.31. The summed E-state index contributed by atoms with van der Waals surface area (Å²) in [7, 11) is 0. The van der Waals surface area contributed by atoms with E-state index in [9.17, 15) is 0 Å². The number of benzene rings is 1. The predicted molar refractivity (Wildman–Crippen MR) is 74.1 cm³/mol. The number of nitrogens with one attached hydrogen (secondary N) is 1. The fourth-order valence-corrected chi connectivity index (χ4v) is 3.06. The fraction of sp³-hybridized carbons (Fsp3) is 0.462. The van der Waals surface area contributed by atoms with E-state index in [0.29, 0.717) is 5.02 Å². The van der Waals surface area contributed by atoms with Crippen molar-refractivity contribution in [3.8, 4) is 6.07 Å². The summed E-state index contributed by atoms with van der Waals surface area (Å²) in [6.07, 6.45) is 4.42. The highest BCUT2D eigenvalue weighted by Crippen LogP contribution is 2.31. The highest BCUT2D eigenvalue weighted by molar-refractivity contribution is 9.10. The minimum atomic E-state index is 0.117. The summed E-state index contributed by atoms with van der Waals surface area (Å²) in [4.78, 5) is 0. The number of halogens is 2. The lowest BCUT2D eigenvalue weighted by Gasteiger charge is -2.28. The van der Waals surface area contributed by atoms with E-state index in [0.717, 1.165) is 29.4 Å². The molecule has 1 N–H and O–H groups in total. The Morgan fingerprint density at radius 3 is 2.82 bits per heavy atom. The van der Waals surface area contributed by atoms with Gasteiger partial charge in [0, 0.05) is 21.2 Å². The van der Waals surface area contributed by atoms with Crippen molar-refractivity contribution in [1.82, 2.24) is 0 Å². The summed E-state index contributed by atoms with van der Waals surface area (Å²) < 4.78 is 0.951. The molecule has 0 heterocycles. The van der Waals surface area contributed by atoms with Crippen molar-refractivity contribution < 1.29 is 0 Å². The molecule has 2 atom stereocenters. The Kier molecular flexibility index (Phi) is 4.31. The summed E-state index contributed by atoms with van der Waals surface area (Å²) in [5, 5.41) is 13.3. The first-order valence-corrected chi connectivity index (χ1v) is 6.99. The van der Waals surface area contributed by atoms with Crippen molar-refractivity contribution in [3.63, 3.8) is 0 Å². The largest absolute Gasteiger partial charge is 0.380 e. The van der Waals surface area contributed by atoms with Gasteiger partial charge in [0.05, 0.1) is 12.0 Å². The van der Waals surface area contributed by atoms with Crippen LogP contribution in [0.15, 0.2) is 22.7 Å². The number of rotatable bonds is 2. The molecular formula is C13H14BrClN2. The van der Waals surface area contributed by atoms with E-state index in [-0.39, 0.29) is 12.0 Å². The number of hydrogen-bond acceptors (Lipinski definition) is 2. The van der Waals surface area contributed by atoms with E-state index in [1.807, 2.05) is 18.2 Å². The topological polar surface area (TPSA) is 35.8 Å². The van der Waals surface area contributed by atoms with Crippen LogP contribution in [0.1, 0.15) is 25.7 Å². The van der Waals surface area contributed by atoms with Crippen LogP contribution in [-0.2, 0) is 0 Å². The smallest absolute Gasteiger partial charge is 0.0677 e. The van der Waals surface area contributed by atoms with Gasteiger partial charge in [-0.1, -0.05) is 24.4 Å². The Hall–Kier alpha value is -0.720. The first kappa shape index (κ1) is 12.7. The molecule has 2 nitrogen and oxygen atoms in total. The molecule has 0 saturated heterocycles. The van der Waals surface area contributed by atoms with Gasteiger partial charge in [-0.15, -0.1) is 0 Å². The maximum Gasteiger partial charge on any atom is 0.0677 e. The van der Waals surface area contributed by atoms with E-state index >= 15 is 0 Å². The number of nitrogens with zero attached hydrogens (tertiary/aromatic N) is 1. The molecule has 1 saturated carbocycles. The summed E-state index contributed by atoms with van der Waals surface area (Å²) in [6.45, 7) is 0. The van der Waals surface area contributed by atoms with Crippen LogP contribution in [0.3, 0.4) is 0 Å². The zero-order valence-electron chi connectivity index (χ0n) is 9.42. The second-order valence-corrected chi connectivity index (χ2v) is 5.69. The Morgan fingerprint density at radius 1 is 1.35 bits per heavy atom. The molecule has 1 fully saturated rings. The van der Waals surface area contributed by atoms with Gasteiger partial charge in [0.25, 0.3) is 0 Å². The minimum Gasteiger partial charge on any atom is -0.380 e. The molecule has 1 aromatic rings. The normalized spacial score (nSPS) is 24.1. The van der Waals surface area contributed by atoms with Crippen molar-refractivity contribution in [3.05, 3.63) is 27.7 Å². The Morgan fingerprint density at radius 2 is 2.12 bits per heavy atom. The summed E-state index contributed by atoms with van der Waals surface area (Å²) in [5.41, 5.74) is 1.02. The first-order chi connectivity index (χ1) is 8.20. The summed E-state index contributed by atoms with van der Waals surface area (Å²) in [6, 6.07) is 8.34. The van der Waals surface area contributed by atoms with Gasteiger partial charge >= 0.3 is 0 Å². The van der Waals surface area contributed by atoms with E-state index in [4.69, 9.17) is 16.9 Å². The average molecular weight is 314 g/mol. The molecule has 2 rings (SSSR count). The standard InChI is InChI=1S/C13H14BrClN2/c14-11-7-10(15)5-6-13(11)17-12-4-2-1-3-9(12)8-16/h5-7,9,12,17H,1-4H2. The van der Waals surface area contributed by atoms with Gasteiger partial charge in [0.1, 0.15) is 0 Å².